The van der Waals surface area contributed by atoms with Crippen molar-refractivity contribution in [2.45, 2.75) is 102 Å². The fourth-order valence-electron chi connectivity index (χ4n) is 5.04. The normalized spacial score (nSPS) is 19.5. The molecule has 2 aromatic rings. The van der Waals surface area contributed by atoms with Crippen LogP contribution < -0.4 is 5.14 Å². The highest BCUT2D eigenvalue weighted by atomic mass is 32.2. The molecule has 2 aliphatic carbocycles. The maximum Gasteiger partial charge on any atom is 0.239 e. The molecule has 1 aromatic carbocycles. The van der Waals surface area contributed by atoms with Gasteiger partial charge in [-0.25, -0.2) is 13.6 Å². The molecule has 170 valence electrons. The lowest BCUT2D eigenvalue weighted by Crippen LogP contribution is -2.18. The van der Waals surface area contributed by atoms with E-state index < -0.39 is 10.0 Å². The van der Waals surface area contributed by atoms with E-state index in [1.54, 1.807) is 0 Å². The van der Waals surface area contributed by atoms with Gasteiger partial charge < -0.3 is 4.57 Å². The van der Waals surface area contributed by atoms with Crippen molar-refractivity contribution >= 4 is 10.0 Å². The quantitative estimate of drug-likeness (QED) is 0.613. The number of aromatic nitrogens is 1. The Morgan fingerprint density at radius 3 is 2.26 bits per heavy atom. The first-order valence-corrected chi connectivity index (χ1v) is 13.3. The Kier molecular flexibility index (Phi) is 5.66. The summed E-state index contributed by atoms with van der Waals surface area (Å²) in [6.45, 7) is 11.8. The van der Waals surface area contributed by atoms with Gasteiger partial charge in [0.05, 0.1) is 0 Å². The van der Waals surface area contributed by atoms with Crippen LogP contribution in [0.5, 0.6) is 0 Å². The van der Waals surface area contributed by atoms with E-state index in [4.69, 9.17) is 5.14 Å². The fourth-order valence-corrected chi connectivity index (χ4v) is 5.84. The molecule has 2 N–H and O–H groups in total. The number of nitrogens with zero attached hydrogens (tertiary/aromatic N) is 1. The molecule has 31 heavy (non-hydrogen) atoms. The van der Waals surface area contributed by atoms with Crippen molar-refractivity contribution in [1.29, 1.82) is 0 Å². The Hall–Kier alpha value is -1.59. The molecule has 0 bridgehead atoms. The highest BCUT2D eigenvalue weighted by Gasteiger charge is 2.40. The number of sulfonamides is 1. The van der Waals surface area contributed by atoms with E-state index in [-0.39, 0.29) is 15.7 Å². The Morgan fingerprint density at radius 1 is 1.06 bits per heavy atom. The van der Waals surface area contributed by atoms with Gasteiger partial charge in [0.25, 0.3) is 0 Å². The van der Waals surface area contributed by atoms with Crippen LogP contribution in [-0.2, 0) is 27.4 Å². The minimum Gasteiger partial charge on any atom is -0.343 e. The largest absolute Gasteiger partial charge is 0.343 e. The number of primary sulfonamides is 1. The van der Waals surface area contributed by atoms with Gasteiger partial charge >= 0.3 is 0 Å². The Morgan fingerprint density at radius 2 is 1.71 bits per heavy atom. The third-order valence-electron chi connectivity index (χ3n) is 7.58. The van der Waals surface area contributed by atoms with Crippen LogP contribution in [0.2, 0.25) is 0 Å². The van der Waals surface area contributed by atoms with Crippen LogP contribution in [0.15, 0.2) is 29.2 Å². The van der Waals surface area contributed by atoms with E-state index in [1.165, 1.54) is 56.1 Å². The first-order chi connectivity index (χ1) is 14.4. The topological polar surface area (TPSA) is 65.1 Å². The summed E-state index contributed by atoms with van der Waals surface area (Å²) in [6.07, 6.45) is 8.70. The van der Waals surface area contributed by atoms with E-state index in [0.29, 0.717) is 5.92 Å². The molecule has 1 aromatic heterocycles. The third-order valence-corrected chi connectivity index (χ3v) is 8.61. The van der Waals surface area contributed by atoms with Crippen LogP contribution in [0.25, 0.3) is 11.3 Å². The molecule has 0 unspecified atom stereocenters. The molecule has 0 aliphatic heterocycles. The summed E-state index contributed by atoms with van der Waals surface area (Å²) >= 11 is 0. The summed E-state index contributed by atoms with van der Waals surface area (Å²) in [6, 6.07) is 8.72. The molecule has 4 rings (SSSR count). The first-order valence-electron chi connectivity index (χ1n) is 11.8. The number of hydrogen-bond acceptors (Lipinski definition) is 2. The number of nitrogens with two attached hydrogens (primary N) is 1. The molecule has 0 spiro atoms. The fraction of sp³-hybridized carbons (Fsp3) is 0.615. The van der Waals surface area contributed by atoms with E-state index >= 15 is 0 Å². The predicted molar refractivity (Wildman–Crippen MR) is 128 cm³/mol. The van der Waals surface area contributed by atoms with Crippen molar-refractivity contribution in [2.24, 2.45) is 11.1 Å². The van der Waals surface area contributed by atoms with Crippen LogP contribution in [-0.4, -0.2) is 13.0 Å². The van der Waals surface area contributed by atoms with Crippen LogP contribution in [0.4, 0.5) is 0 Å². The molecule has 4 nitrogen and oxygen atoms in total. The van der Waals surface area contributed by atoms with Crippen molar-refractivity contribution in [3.8, 4) is 11.3 Å². The Bertz CT molecular complexity index is 1060. The summed E-state index contributed by atoms with van der Waals surface area (Å²) in [5.74, 6) is 0.596. The van der Waals surface area contributed by atoms with E-state index in [0.717, 1.165) is 23.5 Å². The summed E-state index contributed by atoms with van der Waals surface area (Å²) in [7, 11) is -3.77. The highest BCUT2D eigenvalue weighted by Crippen LogP contribution is 2.49. The highest BCUT2D eigenvalue weighted by molar-refractivity contribution is 7.89. The average molecular weight is 443 g/mol. The minimum atomic E-state index is -3.77. The molecule has 2 aliphatic rings. The smallest absolute Gasteiger partial charge is 0.239 e. The van der Waals surface area contributed by atoms with Crippen LogP contribution >= 0.6 is 0 Å². The number of hydrogen-bond donors (Lipinski definition) is 1. The SMILES string of the molecule is Cc1c(S(N)(=O)=O)cc(-c2cc(C(C)(C)C)cc(C3(C)CC3)c2)n1CC1CCCCC1. The average Bonchev–Trinajstić information content (AvgIpc) is 3.36. The van der Waals surface area contributed by atoms with Crippen molar-refractivity contribution in [3.05, 3.63) is 41.1 Å². The van der Waals surface area contributed by atoms with Crippen molar-refractivity contribution in [1.82, 2.24) is 4.57 Å². The van der Waals surface area contributed by atoms with Gasteiger partial charge in [-0.05, 0) is 84.2 Å². The number of rotatable bonds is 5. The second-order valence-corrected chi connectivity index (χ2v) is 12.8. The van der Waals surface area contributed by atoms with E-state index in [9.17, 15) is 8.42 Å². The summed E-state index contributed by atoms with van der Waals surface area (Å²) < 4.78 is 27.0. The zero-order valence-electron chi connectivity index (χ0n) is 19.8. The summed E-state index contributed by atoms with van der Waals surface area (Å²) in [4.78, 5) is 0.263. The molecular weight excluding hydrogens is 404 g/mol. The Labute approximate surface area is 188 Å². The van der Waals surface area contributed by atoms with Gasteiger partial charge in [-0.15, -0.1) is 0 Å². The lowest BCUT2D eigenvalue weighted by Gasteiger charge is -2.26. The Balaban J connectivity index is 1.88. The van der Waals surface area contributed by atoms with Gasteiger partial charge in [0, 0.05) is 17.9 Å². The molecule has 0 saturated heterocycles. The van der Waals surface area contributed by atoms with Crippen LogP contribution in [0.1, 0.15) is 89.5 Å². The molecule has 0 radical (unpaired) electrons. The second-order valence-electron chi connectivity index (χ2n) is 11.2. The van der Waals surface area contributed by atoms with Crippen molar-refractivity contribution in [2.75, 3.05) is 0 Å². The second kappa shape index (κ2) is 7.77. The standard InChI is InChI=1S/C26H38N2O2S/c1-18-24(31(27,29)30)16-23(28(18)17-19-9-7-6-8-10-19)20-13-21(25(2,3)4)15-22(14-20)26(5)11-12-26/h13-16,19H,6-12,17H2,1-5H3,(H2,27,29,30). The van der Waals surface area contributed by atoms with Gasteiger partial charge in [-0.1, -0.05) is 53.0 Å². The van der Waals surface area contributed by atoms with Gasteiger partial charge in [0.1, 0.15) is 4.90 Å². The van der Waals surface area contributed by atoms with E-state index in [2.05, 4.69) is 50.5 Å². The monoisotopic (exact) mass is 442 g/mol. The van der Waals surface area contributed by atoms with Gasteiger partial charge in [-0.3, -0.25) is 0 Å². The van der Waals surface area contributed by atoms with Gasteiger partial charge in [-0.2, -0.15) is 0 Å². The maximum absolute atomic E-state index is 12.4. The predicted octanol–water partition coefficient (Wildman–Crippen LogP) is 6.04. The lowest BCUT2D eigenvalue weighted by atomic mass is 9.82. The van der Waals surface area contributed by atoms with Crippen molar-refractivity contribution in [3.63, 3.8) is 0 Å². The lowest BCUT2D eigenvalue weighted by molar-refractivity contribution is 0.318. The minimum absolute atomic E-state index is 0.0224. The van der Waals surface area contributed by atoms with Crippen molar-refractivity contribution < 1.29 is 8.42 Å². The summed E-state index contributed by atoms with van der Waals surface area (Å²) in [5, 5.41) is 5.62. The number of benzene rings is 1. The molecule has 2 fully saturated rings. The molecule has 1 heterocycles. The van der Waals surface area contributed by atoms with Crippen LogP contribution in [0, 0.1) is 12.8 Å². The summed E-state index contributed by atoms with van der Waals surface area (Å²) in [5.41, 5.74) is 5.81. The van der Waals surface area contributed by atoms with Gasteiger partial charge in [0.15, 0.2) is 0 Å². The molecule has 5 heteroatoms. The van der Waals surface area contributed by atoms with Gasteiger partial charge in [0.2, 0.25) is 10.0 Å². The zero-order valence-corrected chi connectivity index (χ0v) is 20.6. The first kappa shape index (κ1) is 22.6. The maximum atomic E-state index is 12.4. The third kappa shape index (κ3) is 4.63. The molecule has 0 amide bonds. The molecule has 2 saturated carbocycles. The zero-order chi connectivity index (χ0) is 22.6. The molecule has 0 atom stereocenters. The van der Waals surface area contributed by atoms with Crippen LogP contribution in [0.3, 0.4) is 0 Å². The molecular formula is C26H38N2O2S. The van der Waals surface area contributed by atoms with E-state index in [1.807, 2.05) is 13.0 Å².